The number of rotatable bonds is 2. The molecule has 0 atom stereocenters. The molecule has 0 amide bonds. The fourth-order valence-corrected chi connectivity index (χ4v) is 2.59. The Kier molecular flexibility index (Phi) is 3.46. The number of pyridine rings is 1. The van der Waals surface area contributed by atoms with Crippen LogP contribution in [0.1, 0.15) is 5.56 Å². The van der Waals surface area contributed by atoms with Crippen LogP contribution in [-0.4, -0.2) is 36.1 Å². The molecule has 2 heterocycles. The molecule has 1 N–H and O–H groups in total. The molecule has 1 aromatic heterocycles. The lowest BCUT2D eigenvalue weighted by Crippen LogP contribution is -2.42. The van der Waals surface area contributed by atoms with Crippen LogP contribution in [0.2, 0.25) is 5.02 Å². The topological polar surface area (TPSA) is 28.2 Å². The molecule has 1 fully saturated rings. The van der Waals surface area contributed by atoms with Crippen LogP contribution in [0.3, 0.4) is 0 Å². The van der Waals surface area contributed by atoms with Gasteiger partial charge in [-0.1, -0.05) is 17.7 Å². The van der Waals surface area contributed by atoms with Crippen molar-refractivity contribution in [1.29, 1.82) is 0 Å². The zero-order valence-corrected chi connectivity index (χ0v) is 11.0. The van der Waals surface area contributed by atoms with E-state index in [0.717, 1.165) is 43.3 Å². The zero-order chi connectivity index (χ0) is 12.4. The molecule has 4 heteroatoms. The van der Waals surface area contributed by atoms with Gasteiger partial charge in [0.2, 0.25) is 0 Å². The van der Waals surface area contributed by atoms with Crippen LogP contribution in [-0.2, 0) is 6.54 Å². The summed E-state index contributed by atoms with van der Waals surface area (Å²) in [6, 6.07) is 8.05. The molecule has 2 aromatic rings. The number of benzene rings is 1. The normalized spacial score (nSPS) is 17.2. The molecule has 0 spiro atoms. The molecule has 0 bridgehead atoms. The van der Waals surface area contributed by atoms with Gasteiger partial charge < -0.3 is 5.32 Å². The van der Waals surface area contributed by atoms with Crippen molar-refractivity contribution < 1.29 is 0 Å². The summed E-state index contributed by atoms with van der Waals surface area (Å²) >= 11 is 6.00. The summed E-state index contributed by atoms with van der Waals surface area (Å²) in [4.78, 5) is 6.85. The van der Waals surface area contributed by atoms with Gasteiger partial charge in [-0.05, 0) is 23.8 Å². The largest absolute Gasteiger partial charge is 0.314 e. The smallest absolute Gasteiger partial charge is 0.0720 e. The number of halogens is 1. The highest BCUT2D eigenvalue weighted by atomic mass is 35.5. The molecule has 0 saturated carbocycles. The first-order chi connectivity index (χ1) is 8.83. The van der Waals surface area contributed by atoms with Crippen LogP contribution in [0.25, 0.3) is 10.9 Å². The summed E-state index contributed by atoms with van der Waals surface area (Å²) in [5, 5.41) is 5.33. The number of hydrogen-bond acceptors (Lipinski definition) is 3. The Labute approximate surface area is 112 Å². The SMILES string of the molecule is Clc1ccc2c(CN3CCNCC3)ccnc2c1. The highest BCUT2D eigenvalue weighted by molar-refractivity contribution is 6.31. The van der Waals surface area contributed by atoms with Gasteiger partial charge in [-0.2, -0.15) is 0 Å². The van der Waals surface area contributed by atoms with Crippen molar-refractivity contribution in [2.75, 3.05) is 26.2 Å². The van der Waals surface area contributed by atoms with Gasteiger partial charge in [-0.3, -0.25) is 9.88 Å². The summed E-state index contributed by atoms with van der Waals surface area (Å²) in [6.45, 7) is 5.36. The second-order valence-corrected chi connectivity index (χ2v) is 5.09. The van der Waals surface area contributed by atoms with Gasteiger partial charge in [0.25, 0.3) is 0 Å². The van der Waals surface area contributed by atoms with Gasteiger partial charge in [0.15, 0.2) is 0 Å². The summed E-state index contributed by atoms with van der Waals surface area (Å²) in [5.74, 6) is 0. The summed E-state index contributed by atoms with van der Waals surface area (Å²) < 4.78 is 0. The van der Waals surface area contributed by atoms with E-state index in [1.807, 2.05) is 18.3 Å². The van der Waals surface area contributed by atoms with Gasteiger partial charge in [0.05, 0.1) is 5.52 Å². The zero-order valence-electron chi connectivity index (χ0n) is 10.2. The maximum absolute atomic E-state index is 6.00. The average Bonchev–Trinajstić information content (AvgIpc) is 2.40. The molecule has 3 nitrogen and oxygen atoms in total. The highest BCUT2D eigenvalue weighted by Crippen LogP contribution is 2.21. The second-order valence-electron chi connectivity index (χ2n) is 4.66. The van der Waals surface area contributed by atoms with E-state index in [0.29, 0.717) is 0 Å². The summed E-state index contributed by atoms with van der Waals surface area (Å²) in [6.07, 6.45) is 1.87. The third-order valence-corrected chi connectivity index (χ3v) is 3.63. The van der Waals surface area contributed by atoms with Crippen LogP contribution in [0.5, 0.6) is 0 Å². The molecule has 1 aliphatic heterocycles. The average molecular weight is 262 g/mol. The molecule has 1 aromatic carbocycles. The number of piperazine rings is 1. The van der Waals surface area contributed by atoms with Crippen LogP contribution in [0, 0.1) is 0 Å². The van der Waals surface area contributed by atoms with Gasteiger partial charge >= 0.3 is 0 Å². The fraction of sp³-hybridized carbons (Fsp3) is 0.357. The second kappa shape index (κ2) is 5.22. The molecular weight excluding hydrogens is 246 g/mol. The number of hydrogen-bond donors (Lipinski definition) is 1. The van der Waals surface area contributed by atoms with E-state index < -0.39 is 0 Å². The predicted molar refractivity (Wildman–Crippen MR) is 74.9 cm³/mol. The van der Waals surface area contributed by atoms with E-state index in [2.05, 4.69) is 27.3 Å². The van der Waals surface area contributed by atoms with Gasteiger partial charge in [0, 0.05) is 49.3 Å². The van der Waals surface area contributed by atoms with E-state index in [1.54, 1.807) is 0 Å². The van der Waals surface area contributed by atoms with Crippen LogP contribution < -0.4 is 5.32 Å². The third-order valence-electron chi connectivity index (χ3n) is 3.40. The fourth-order valence-electron chi connectivity index (χ4n) is 2.43. The first-order valence-electron chi connectivity index (χ1n) is 6.29. The van der Waals surface area contributed by atoms with Crippen molar-refractivity contribution >= 4 is 22.5 Å². The van der Waals surface area contributed by atoms with Gasteiger partial charge in [-0.15, -0.1) is 0 Å². The molecule has 18 heavy (non-hydrogen) atoms. The molecular formula is C14H16ClN3. The highest BCUT2D eigenvalue weighted by Gasteiger charge is 2.11. The van der Waals surface area contributed by atoms with Crippen molar-refractivity contribution in [1.82, 2.24) is 15.2 Å². The van der Waals surface area contributed by atoms with Crippen molar-refractivity contribution in [3.05, 3.63) is 41.0 Å². The Morgan fingerprint density at radius 2 is 2.06 bits per heavy atom. The minimum Gasteiger partial charge on any atom is -0.314 e. The minimum absolute atomic E-state index is 0.745. The maximum atomic E-state index is 6.00. The minimum atomic E-state index is 0.745. The molecule has 94 valence electrons. The Bertz CT molecular complexity index is 550. The lowest BCUT2D eigenvalue weighted by atomic mass is 10.1. The first kappa shape index (κ1) is 11.9. The standard InChI is InChI=1S/C14H16ClN3/c15-12-1-2-13-11(3-4-17-14(13)9-12)10-18-7-5-16-6-8-18/h1-4,9,16H,5-8,10H2. The maximum Gasteiger partial charge on any atom is 0.0720 e. The van der Waals surface area contributed by atoms with Crippen molar-refractivity contribution in [3.63, 3.8) is 0 Å². The Morgan fingerprint density at radius 1 is 1.22 bits per heavy atom. The van der Waals surface area contributed by atoms with Crippen LogP contribution in [0.15, 0.2) is 30.5 Å². The van der Waals surface area contributed by atoms with Crippen molar-refractivity contribution in [3.8, 4) is 0 Å². The number of nitrogens with zero attached hydrogens (tertiary/aromatic N) is 2. The molecule has 0 aliphatic carbocycles. The number of fused-ring (bicyclic) bond motifs is 1. The Hall–Kier alpha value is -1.16. The molecule has 1 saturated heterocycles. The van der Waals surface area contributed by atoms with Crippen LogP contribution >= 0.6 is 11.6 Å². The van der Waals surface area contributed by atoms with E-state index >= 15 is 0 Å². The third kappa shape index (κ3) is 2.48. The van der Waals surface area contributed by atoms with Crippen LogP contribution in [0.4, 0.5) is 0 Å². The van der Waals surface area contributed by atoms with Crippen molar-refractivity contribution in [2.24, 2.45) is 0 Å². The quantitative estimate of drug-likeness (QED) is 0.899. The Balaban J connectivity index is 1.91. The lowest BCUT2D eigenvalue weighted by molar-refractivity contribution is 0.234. The van der Waals surface area contributed by atoms with Gasteiger partial charge in [0.1, 0.15) is 0 Å². The summed E-state index contributed by atoms with van der Waals surface area (Å²) in [7, 11) is 0. The van der Waals surface area contributed by atoms with E-state index in [-0.39, 0.29) is 0 Å². The number of aromatic nitrogens is 1. The summed E-state index contributed by atoms with van der Waals surface area (Å²) in [5.41, 5.74) is 2.31. The van der Waals surface area contributed by atoms with E-state index in [9.17, 15) is 0 Å². The lowest BCUT2D eigenvalue weighted by Gasteiger charge is -2.27. The monoisotopic (exact) mass is 261 g/mol. The number of nitrogens with one attached hydrogen (secondary N) is 1. The van der Waals surface area contributed by atoms with E-state index in [4.69, 9.17) is 11.6 Å². The molecule has 1 aliphatic rings. The Morgan fingerprint density at radius 3 is 2.89 bits per heavy atom. The predicted octanol–water partition coefficient (Wildman–Crippen LogP) is 2.29. The molecule has 0 radical (unpaired) electrons. The van der Waals surface area contributed by atoms with Gasteiger partial charge in [-0.25, -0.2) is 0 Å². The first-order valence-corrected chi connectivity index (χ1v) is 6.67. The van der Waals surface area contributed by atoms with E-state index in [1.165, 1.54) is 10.9 Å². The van der Waals surface area contributed by atoms with Crippen molar-refractivity contribution in [2.45, 2.75) is 6.54 Å². The molecule has 0 unspecified atom stereocenters. The molecule has 3 rings (SSSR count).